The Bertz CT molecular complexity index is 1040. The molecule has 0 spiro atoms. The average Bonchev–Trinajstić information content (AvgIpc) is 3.44. The maximum absolute atomic E-state index is 12.6. The van der Waals surface area contributed by atoms with E-state index < -0.39 is 24.5 Å². The van der Waals surface area contributed by atoms with Crippen molar-refractivity contribution >= 4 is 56.4 Å². The summed E-state index contributed by atoms with van der Waals surface area (Å²) in [5.74, 6) is -1.73. The molecular formula is C21H24N2O6S2. The minimum absolute atomic E-state index is 0.00566. The zero-order valence-electron chi connectivity index (χ0n) is 17.7. The first-order valence-corrected chi connectivity index (χ1v) is 11.5. The van der Waals surface area contributed by atoms with Gasteiger partial charge in [0.05, 0.1) is 17.2 Å². The van der Waals surface area contributed by atoms with Crippen molar-refractivity contribution in [3.05, 3.63) is 32.5 Å². The van der Waals surface area contributed by atoms with Gasteiger partial charge >= 0.3 is 11.9 Å². The first-order chi connectivity index (χ1) is 14.7. The lowest BCUT2D eigenvalue weighted by molar-refractivity contribution is -0.119. The number of thiophene rings is 2. The number of rotatable bonds is 8. The summed E-state index contributed by atoms with van der Waals surface area (Å²) in [5.41, 5.74) is 1.69. The lowest BCUT2D eigenvalue weighted by atomic mass is 10.1. The third-order valence-corrected chi connectivity index (χ3v) is 7.01. The van der Waals surface area contributed by atoms with Crippen molar-refractivity contribution in [2.45, 2.75) is 40.5 Å². The molecule has 0 aliphatic heterocycles. The molecule has 1 fully saturated rings. The van der Waals surface area contributed by atoms with Crippen molar-refractivity contribution in [2.24, 2.45) is 5.92 Å². The van der Waals surface area contributed by atoms with Gasteiger partial charge in [-0.25, -0.2) is 9.59 Å². The largest absolute Gasteiger partial charge is 0.462 e. The molecule has 1 aliphatic carbocycles. The van der Waals surface area contributed by atoms with Gasteiger partial charge in [0.2, 0.25) is 5.91 Å². The Morgan fingerprint density at radius 1 is 1.03 bits per heavy atom. The second-order valence-electron chi connectivity index (χ2n) is 7.22. The monoisotopic (exact) mass is 464 g/mol. The lowest BCUT2D eigenvalue weighted by Crippen LogP contribution is -2.21. The van der Waals surface area contributed by atoms with Gasteiger partial charge in [0.1, 0.15) is 9.88 Å². The molecular weight excluding hydrogens is 440 g/mol. The van der Waals surface area contributed by atoms with Crippen molar-refractivity contribution in [2.75, 3.05) is 23.8 Å². The molecule has 0 aromatic carbocycles. The molecule has 1 aliphatic rings. The van der Waals surface area contributed by atoms with E-state index in [4.69, 9.17) is 9.47 Å². The Kier molecular flexibility index (Phi) is 7.11. The second kappa shape index (κ2) is 9.61. The molecule has 2 amide bonds. The van der Waals surface area contributed by atoms with Crippen LogP contribution in [0.5, 0.6) is 0 Å². The smallest absolute Gasteiger partial charge is 0.348 e. The molecule has 166 valence electrons. The van der Waals surface area contributed by atoms with Crippen LogP contribution in [0.25, 0.3) is 0 Å². The van der Waals surface area contributed by atoms with Gasteiger partial charge in [-0.2, -0.15) is 0 Å². The van der Waals surface area contributed by atoms with Gasteiger partial charge in [-0.1, -0.05) is 0 Å². The molecule has 31 heavy (non-hydrogen) atoms. The minimum Gasteiger partial charge on any atom is -0.462 e. The Balaban J connectivity index is 1.61. The van der Waals surface area contributed by atoms with Crippen molar-refractivity contribution in [1.82, 2.24) is 0 Å². The molecule has 2 N–H and O–H groups in total. The molecule has 2 aromatic rings. The average molecular weight is 465 g/mol. The van der Waals surface area contributed by atoms with Crippen molar-refractivity contribution in [1.29, 1.82) is 0 Å². The van der Waals surface area contributed by atoms with Crippen LogP contribution in [0.2, 0.25) is 0 Å². The molecule has 0 radical (unpaired) electrons. The summed E-state index contributed by atoms with van der Waals surface area (Å²) in [6.07, 6.45) is 1.71. The quantitative estimate of drug-likeness (QED) is 0.570. The number of carbonyl (C=O) groups is 4. The lowest BCUT2D eigenvalue weighted by Gasteiger charge is -2.08. The van der Waals surface area contributed by atoms with Gasteiger partial charge in [-0.15, -0.1) is 22.7 Å². The molecule has 2 heterocycles. The van der Waals surface area contributed by atoms with Gasteiger partial charge in [-0.3, -0.25) is 9.59 Å². The maximum Gasteiger partial charge on any atom is 0.348 e. The number of amides is 2. The summed E-state index contributed by atoms with van der Waals surface area (Å²) in [6, 6.07) is 1.66. The number of hydrogen-bond acceptors (Lipinski definition) is 8. The molecule has 8 nitrogen and oxygen atoms in total. The van der Waals surface area contributed by atoms with E-state index >= 15 is 0 Å². The minimum atomic E-state index is -0.669. The molecule has 10 heteroatoms. The molecule has 0 saturated heterocycles. The molecule has 1 saturated carbocycles. The zero-order chi connectivity index (χ0) is 22.7. The standard InChI is InChI=1S/C21H24N2O6S2/c1-5-28-21(27)17-10(2)8-15(31-17)22-14(24)9-29-20(26)16-11(3)12(4)30-19(16)23-18(25)13-6-7-13/h8,13H,5-7,9H2,1-4H3,(H,22,24)(H,23,25). The van der Waals surface area contributed by atoms with E-state index in [1.54, 1.807) is 26.8 Å². The van der Waals surface area contributed by atoms with E-state index in [0.717, 1.165) is 34.6 Å². The highest BCUT2D eigenvalue weighted by molar-refractivity contribution is 7.18. The fourth-order valence-corrected chi connectivity index (χ4v) is 4.87. The van der Waals surface area contributed by atoms with E-state index in [1.807, 2.05) is 6.92 Å². The first-order valence-electron chi connectivity index (χ1n) is 9.86. The predicted octanol–water partition coefficient (Wildman–Crippen LogP) is 4.06. The summed E-state index contributed by atoms with van der Waals surface area (Å²) in [7, 11) is 0. The zero-order valence-corrected chi connectivity index (χ0v) is 19.4. The molecule has 0 bridgehead atoms. The van der Waals surface area contributed by atoms with Crippen LogP contribution < -0.4 is 10.6 Å². The van der Waals surface area contributed by atoms with Crippen LogP contribution in [0.15, 0.2) is 6.07 Å². The Labute approximate surface area is 187 Å². The van der Waals surface area contributed by atoms with Gasteiger partial charge < -0.3 is 20.1 Å². The van der Waals surface area contributed by atoms with Gasteiger partial charge in [0.15, 0.2) is 6.61 Å². The number of hydrogen-bond donors (Lipinski definition) is 2. The molecule has 0 unspecified atom stereocenters. The molecule has 0 atom stereocenters. The Hall–Kier alpha value is -2.72. The van der Waals surface area contributed by atoms with Crippen LogP contribution in [-0.2, 0) is 19.1 Å². The van der Waals surface area contributed by atoms with E-state index in [2.05, 4.69) is 10.6 Å². The molecule has 3 rings (SSSR count). The number of ether oxygens (including phenoxy) is 2. The third kappa shape index (κ3) is 5.50. The van der Waals surface area contributed by atoms with E-state index in [9.17, 15) is 19.2 Å². The Morgan fingerprint density at radius 2 is 1.74 bits per heavy atom. The van der Waals surface area contributed by atoms with Gasteiger partial charge in [0, 0.05) is 10.8 Å². The first kappa shape index (κ1) is 23.0. The van der Waals surface area contributed by atoms with Crippen LogP contribution in [0.3, 0.4) is 0 Å². The van der Waals surface area contributed by atoms with Crippen LogP contribution >= 0.6 is 22.7 Å². The number of nitrogens with one attached hydrogen (secondary N) is 2. The topological polar surface area (TPSA) is 111 Å². The highest BCUT2D eigenvalue weighted by Crippen LogP contribution is 2.36. The van der Waals surface area contributed by atoms with Crippen molar-refractivity contribution in [3.8, 4) is 0 Å². The van der Waals surface area contributed by atoms with E-state index in [0.29, 0.717) is 20.4 Å². The summed E-state index contributed by atoms with van der Waals surface area (Å²) < 4.78 is 10.2. The highest BCUT2D eigenvalue weighted by atomic mass is 32.1. The van der Waals surface area contributed by atoms with Gasteiger partial charge in [0.25, 0.3) is 5.91 Å². The normalized spacial score (nSPS) is 12.9. The third-order valence-electron chi connectivity index (χ3n) is 4.75. The number of esters is 2. The predicted molar refractivity (Wildman–Crippen MR) is 119 cm³/mol. The van der Waals surface area contributed by atoms with Crippen molar-refractivity contribution in [3.63, 3.8) is 0 Å². The summed E-state index contributed by atoms with van der Waals surface area (Å²) in [6.45, 7) is 6.87. The number of anilines is 2. The Morgan fingerprint density at radius 3 is 2.39 bits per heavy atom. The highest BCUT2D eigenvalue weighted by Gasteiger charge is 2.32. The van der Waals surface area contributed by atoms with E-state index in [1.165, 1.54) is 11.3 Å². The second-order valence-corrected chi connectivity index (χ2v) is 9.50. The SMILES string of the molecule is CCOC(=O)c1sc(NC(=O)COC(=O)c2c(NC(=O)C3CC3)sc(C)c2C)cc1C. The van der Waals surface area contributed by atoms with Crippen molar-refractivity contribution < 1.29 is 28.7 Å². The summed E-state index contributed by atoms with van der Waals surface area (Å²) in [5, 5.41) is 6.34. The van der Waals surface area contributed by atoms with Gasteiger partial charge in [-0.05, 0) is 57.7 Å². The molecule has 2 aromatic heterocycles. The maximum atomic E-state index is 12.6. The van der Waals surface area contributed by atoms with Crippen LogP contribution in [-0.4, -0.2) is 37.0 Å². The van der Waals surface area contributed by atoms with Crippen LogP contribution in [0.4, 0.5) is 10.0 Å². The fraction of sp³-hybridized carbons (Fsp3) is 0.429. The summed E-state index contributed by atoms with van der Waals surface area (Å²) in [4.78, 5) is 50.2. The summed E-state index contributed by atoms with van der Waals surface area (Å²) >= 11 is 2.41. The van der Waals surface area contributed by atoms with Crippen LogP contribution in [0.1, 0.15) is 55.8 Å². The fourth-order valence-electron chi connectivity index (χ4n) is 2.84. The van der Waals surface area contributed by atoms with E-state index in [-0.39, 0.29) is 24.0 Å². The number of aryl methyl sites for hydroxylation is 2. The number of carbonyl (C=O) groups excluding carboxylic acids is 4. The van der Waals surface area contributed by atoms with Crippen LogP contribution in [0, 0.1) is 26.7 Å².